The lowest BCUT2D eigenvalue weighted by molar-refractivity contribution is -0.151. The number of barbiturate groups is 1. The Morgan fingerprint density at radius 1 is 1.22 bits per heavy atom. The van der Waals surface area contributed by atoms with Crippen molar-refractivity contribution in [1.82, 2.24) is 10.6 Å². The fourth-order valence-electron chi connectivity index (χ4n) is 2.00. The second-order valence-electron chi connectivity index (χ2n) is 5.36. The van der Waals surface area contributed by atoms with E-state index in [1.807, 2.05) is 13.8 Å². The van der Waals surface area contributed by atoms with Gasteiger partial charge in [-0.1, -0.05) is 20.8 Å². The summed E-state index contributed by atoms with van der Waals surface area (Å²) in [7, 11) is 0. The number of carbonyl (C=O) groups is 3. The van der Waals surface area contributed by atoms with Crippen LogP contribution in [0.4, 0.5) is 4.79 Å². The molecule has 0 aromatic heterocycles. The van der Waals surface area contributed by atoms with Crippen molar-refractivity contribution in [3.8, 4) is 0 Å². The van der Waals surface area contributed by atoms with Gasteiger partial charge in [0.15, 0.2) is 0 Å². The highest BCUT2D eigenvalue weighted by molar-refractivity contribution is 6.19. The van der Waals surface area contributed by atoms with Crippen LogP contribution in [0.3, 0.4) is 0 Å². The predicted molar refractivity (Wildman–Crippen MR) is 64.5 cm³/mol. The fourth-order valence-corrected chi connectivity index (χ4v) is 2.00. The molecule has 0 aromatic rings. The highest BCUT2D eigenvalue weighted by atomic mass is 16.3. The number of amides is 4. The number of nitrogens with one attached hydrogen (secondary N) is 2. The van der Waals surface area contributed by atoms with Crippen LogP contribution < -0.4 is 10.6 Å². The summed E-state index contributed by atoms with van der Waals surface area (Å²) in [4.78, 5) is 35.0. The Morgan fingerprint density at radius 3 is 2.00 bits per heavy atom. The largest absolute Gasteiger partial charge is 0.390 e. The van der Waals surface area contributed by atoms with Gasteiger partial charge in [-0.15, -0.1) is 0 Å². The normalized spacial score (nSPS) is 22.4. The molecule has 1 fully saturated rings. The van der Waals surface area contributed by atoms with Crippen molar-refractivity contribution in [1.29, 1.82) is 0 Å². The summed E-state index contributed by atoms with van der Waals surface area (Å²) in [6.45, 7) is 6.90. The number of rotatable bonds is 4. The Bertz CT molecular complexity index is 368. The van der Waals surface area contributed by atoms with Crippen molar-refractivity contribution in [2.75, 3.05) is 0 Å². The lowest BCUT2D eigenvalue weighted by atomic mass is 9.70. The van der Waals surface area contributed by atoms with Crippen LogP contribution in [0.2, 0.25) is 0 Å². The molecule has 0 aromatic carbocycles. The van der Waals surface area contributed by atoms with E-state index in [2.05, 4.69) is 10.6 Å². The molecular weight excluding hydrogens is 236 g/mol. The molecule has 0 radical (unpaired) electrons. The lowest BCUT2D eigenvalue weighted by Crippen LogP contribution is -2.64. The quantitative estimate of drug-likeness (QED) is 0.640. The van der Waals surface area contributed by atoms with Gasteiger partial charge >= 0.3 is 6.03 Å². The average Bonchev–Trinajstić information content (AvgIpc) is 2.23. The maximum atomic E-state index is 12.0. The second kappa shape index (κ2) is 4.68. The zero-order valence-corrected chi connectivity index (χ0v) is 11.2. The van der Waals surface area contributed by atoms with Crippen LogP contribution in [0.25, 0.3) is 0 Å². The third-order valence-electron chi connectivity index (χ3n) is 3.83. The van der Waals surface area contributed by atoms with Gasteiger partial charge in [-0.3, -0.25) is 20.2 Å². The van der Waals surface area contributed by atoms with E-state index in [1.165, 1.54) is 0 Å². The van der Waals surface area contributed by atoms with Gasteiger partial charge in [0.05, 0.1) is 5.60 Å². The second-order valence-corrected chi connectivity index (χ2v) is 5.36. The van der Waals surface area contributed by atoms with E-state index in [-0.39, 0.29) is 18.8 Å². The van der Waals surface area contributed by atoms with E-state index in [1.54, 1.807) is 13.8 Å². The van der Waals surface area contributed by atoms with E-state index >= 15 is 0 Å². The molecule has 1 rings (SSSR count). The Labute approximate surface area is 106 Å². The SMILES string of the molecule is CCC1(CC(C)(O)C(C)C)C(=O)NC(=O)NC1=O. The maximum absolute atomic E-state index is 12.0. The monoisotopic (exact) mass is 256 g/mol. The summed E-state index contributed by atoms with van der Waals surface area (Å²) in [6.07, 6.45) is 0.208. The Balaban J connectivity index is 3.09. The first-order chi connectivity index (χ1) is 8.15. The molecule has 6 nitrogen and oxygen atoms in total. The number of aliphatic hydroxyl groups is 1. The summed E-state index contributed by atoms with van der Waals surface area (Å²) < 4.78 is 0. The smallest absolute Gasteiger partial charge is 0.328 e. The van der Waals surface area contributed by atoms with Crippen LogP contribution in [-0.4, -0.2) is 28.6 Å². The van der Waals surface area contributed by atoms with Crippen LogP contribution in [-0.2, 0) is 9.59 Å². The number of imide groups is 2. The Morgan fingerprint density at radius 2 is 1.67 bits per heavy atom. The third kappa shape index (κ3) is 2.38. The van der Waals surface area contributed by atoms with Gasteiger partial charge < -0.3 is 5.11 Å². The van der Waals surface area contributed by atoms with Gasteiger partial charge in [0, 0.05) is 0 Å². The van der Waals surface area contributed by atoms with Crippen molar-refractivity contribution in [2.24, 2.45) is 11.3 Å². The lowest BCUT2D eigenvalue weighted by Gasteiger charge is -2.39. The minimum Gasteiger partial charge on any atom is -0.390 e. The predicted octanol–water partition coefficient (Wildman–Crippen LogP) is 0.546. The highest BCUT2D eigenvalue weighted by Crippen LogP contribution is 2.37. The molecule has 6 heteroatoms. The Kier molecular flexibility index (Phi) is 3.81. The molecule has 0 spiro atoms. The van der Waals surface area contributed by atoms with Crippen LogP contribution in [0.5, 0.6) is 0 Å². The molecule has 0 saturated carbocycles. The van der Waals surface area contributed by atoms with Crippen LogP contribution >= 0.6 is 0 Å². The third-order valence-corrected chi connectivity index (χ3v) is 3.83. The zero-order chi connectivity index (χ0) is 14.1. The summed E-state index contributed by atoms with van der Waals surface area (Å²) in [6, 6.07) is -0.807. The van der Waals surface area contributed by atoms with Crippen molar-refractivity contribution < 1.29 is 19.5 Å². The Hall–Kier alpha value is -1.43. The van der Waals surface area contributed by atoms with E-state index < -0.39 is 28.9 Å². The van der Waals surface area contributed by atoms with E-state index in [4.69, 9.17) is 0 Å². The van der Waals surface area contributed by atoms with Gasteiger partial charge in [-0.05, 0) is 25.7 Å². The van der Waals surface area contributed by atoms with Crippen LogP contribution in [0.1, 0.15) is 40.5 Å². The van der Waals surface area contributed by atoms with Crippen LogP contribution in [0, 0.1) is 11.3 Å². The fraction of sp³-hybridized carbons (Fsp3) is 0.750. The summed E-state index contributed by atoms with van der Waals surface area (Å²) in [5.41, 5.74) is -2.55. The van der Waals surface area contributed by atoms with Gasteiger partial charge in [0.2, 0.25) is 11.8 Å². The molecule has 18 heavy (non-hydrogen) atoms. The van der Waals surface area contributed by atoms with Crippen molar-refractivity contribution >= 4 is 17.8 Å². The minimum atomic E-state index is -1.39. The average molecular weight is 256 g/mol. The molecule has 102 valence electrons. The topological polar surface area (TPSA) is 95.5 Å². The summed E-state index contributed by atoms with van der Waals surface area (Å²) in [5.74, 6) is -1.39. The molecular formula is C12H20N2O4. The van der Waals surface area contributed by atoms with Gasteiger partial charge in [0.1, 0.15) is 5.41 Å². The van der Waals surface area contributed by atoms with E-state index in [9.17, 15) is 19.5 Å². The molecule has 1 aliphatic rings. The molecule has 1 unspecified atom stereocenters. The maximum Gasteiger partial charge on any atom is 0.328 e. The van der Waals surface area contributed by atoms with E-state index in [0.717, 1.165) is 0 Å². The number of carbonyl (C=O) groups excluding carboxylic acids is 3. The number of hydrogen-bond acceptors (Lipinski definition) is 4. The van der Waals surface area contributed by atoms with Gasteiger partial charge in [-0.2, -0.15) is 0 Å². The minimum absolute atomic E-state index is 0.0148. The first kappa shape index (κ1) is 14.6. The summed E-state index contributed by atoms with van der Waals surface area (Å²) in [5, 5.41) is 14.5. The van der Waals surface area contributed by atoms with Crippen molar-refractivity contribution in [3.05, 3.63) is 0 Å². The molecule has 1 heterocycles. The number of urea groups is 1. The molecule has 0 bridgehead atoms. The van der Waals surface area contributed by atoms with E-state index in [0.29, 0.717) is 0 Å². The van der Waals surface area contributed by atoms with Crippen molar-refractivity contribution in [2.45, 2.75) is 46.1 Å². The first-order valence-electron chi connectivity index (χ1n) is 6.05. The van der Waals surface area contributed by atoms with Gasteiger partial charge in [0.25, 0.3) is 0 Å². The molecule has 1 atom stereocenters. The molecule has 1 aliphatic heterocycles. The van der Waals surface area contributed by atoms with Gasteiger partial charge in [-0.25, -0.2) is 4.79 Å². The molecule has 3 N–H and O–H groups in total. The first-order valence-corrected chi connectivity index (χ1v) is 6.05. The standard InChI is InChI=1S/C12H20N2O4/c1-5-12(6-11(4,18)7(2)3)8(15)13-10(17)14-9(12)16/h7,18H,5-6H2,1-4H3,(H2,13,14,15,16,17). The zero-order valence-electron chi connectivity index (χ0n) is 11.2. The molecule has 4 amide bonds. The van der Waals surface area contributed by atoms with Crippen LogP contribution in [0.15, 0.2) is 0 Å². The number of hydrogen-bond donors (Lipinski definition) is 3. The van der Waals surface area contributed by atoms with Crippen molar-refractivity contribution in [3.63, 3.8) is 0 Å². The summed E-state index contributed by atoms with van der Waals surface area (Å²) >= 11 is 0. The molecule has 0 aliphatic carbocycles. The molecule has 1 saturated heterocycles. The highest BCUT2D eigenvalue weighted by Gasteiger charge is 2.52.